The zero-order chi connectivity index (χ0) is 12.6. The summed E-state index contributed by atoms with van der Waals surface area (Å²) in [6.45, 7) is 1.98. The minimum atomic E-state index is -0.112. The van der Waals surface area contributed by atoms with Crippen LogP contribution in [0.2, 0.25) is 5.02 Å². The van der Waals surface area contributed by atoms with Crippen molar-refractivity contribution >= 4 is 54.8 Å². The van der Waals surface area contributed by atoms with Crippen LogP contribution < -0.4 is 5.73 Å². The molecule has 2 N–H and O–H groups in total. The number of benzene rings is 1. The zero-order valence-electron chi connectivity index (χ0n) is 9.01. The molecule has 17 heavy (non-hydrogen) atoms. The second kappa shape index (κ2) is 5.41. The minimum absolute atomic E-state index is 0.112. The molecule has 0 aliphatic heterocycles. The van der Waals surface area contributed by atoms with E-state index in [1.807, 2.05) is 31.2 Å². The Morgan fingerprint density at radius 3 is 2.53 bits per heavy atom. The molecule has 1 unspecified atom stereocenters. The van der Waals surface area contributed by atoms with Crippen molar-refractivity contribution in [3.05, 3.63) is 53.6 Å². The monoisotopic (exact) mass is 393 g/mol. The molecular weight excluding hydrogens is 385 g/mol. The molecule has 2 aromatic rings. The maximum Gasteiger partial charge on any atom is 0.0843 e. The van der Waals surface area contributed by atoms with E-state index in [-0.39, 0.29) is 6.04 Å². The van der Waals surface area contributed by atoms with Crippen molar-refractivity contribution in [3.8, 4) is 0 Å². The summed E-state index contributed by atoms with van der Waals surface area (Å²) in [6, 6.07) is 7.84. The van der Waals surface area contributed by atoms with Gasteiger partial charge in [0.05, 0.1) is 9.83 Å². The summed E-state index contributed by atoms with van der Waals surface area (Å²) < 4.78 is 2.10. The van der Waals surface area contributed by atoms with Gasteiger partial charge < -0.3 is 5.73 Å². The average molecular weight is 396 g/mol. The first-order valence-electron chi connectivity index (χ1n) is 4.95. The largest absolute Gasteiger partial charge is 0.320 e. The van der Waals surface area contributed by atoms with Gasteiger partial charge in [0.1, 0.15) is 0 Å². The van der Waals surface area contributed by atoms with Gasteiger partial charge in [-0.25, -0.2) is 0 Å². The lowest BCUT2D eigenvalue weighted by molar-refractivity contribution is 0.891. The predicted octanol–water partition coefficient (Wildman–Crippen LogP) is 5.28. The van der Waals surface area contributed by atoms with E-state index >= 15 is 0 Å². The molecule has 1 aromatic carbocycles. The summed E-state index contributed by atoms with van der Waals surface area (Å²) in [5, 5.41) is 0.773. The van der Waals surface area contributed by atoms with Gasteiger partial charge >= 0.3 is 0 Å². The molecule has 1 aromatic heterocycles. The summed E-state index contributed by atoms with van der Waals surface area (Å²) in [6.07, 6.45) is 0. The molecule has 5 heteroatoms. The molecule has 0 saturated heterocycles. The average Bonchev–Trinajstić information content (AvgIpc) is 2.62. The number of hydrogen-bond donors (Lipinski definition) is 1. The van der Waals surface area contributed by atoms with Crippen LogP contribution in [0.1, 0.15) is 22.0 Å². The zero-order valence-corrected chi connectivity index (χ0v) is 13.8. The molecule has 1 nitrogen and oxygen atoms in total. The van der Waals surface area contributed by atoms with Crippen LogP contribution in [-0.2, 0) is 0 Å². The van der Waals surface area contributed by atoms with E-state index < -0.39 is 0 Å². The number of hydrogen-bond acceptors (Lipinski definition) is 2. The lowest BCUT2D eigenvalue weighted by Gasteiger charge is -2.11. The van der Waals surface area contributed by atoms with Crippen LogP contribution in [0.3, 0.4) is 0 Å². The van der Waals surface area contributed by atoms with Crippen molar-refractivity contribution < 1.29 is 0 Å². The molecule has 1 atom stereocenters. The van der Waals surface area contributed by atoms with Crippen LogP contribution in [0.15, 0.2) is 32.5 Å². The van der Waals surface area contributed by atoms with Crippen molar-refractivity contribution in [1.82, 2.24) is 0 Å². The Balaban J connectivity index is 2.36. The Kier molecular flexibility index (Phi) is 4.31. The molecule has 2 rings (SSSR count). The standard InChI is InChI=1S/C12H10Br2ClNS/c1-6-4-7(2-3-9(6)15)11(16)10-5-8(13)12(14)17-10/h2-5,11H,16H2,1H3. The molecule has 1 heterocycles. The van der Waals surface area contributed by atoms with Crippen LogP contribution >= 0.6 is 54.8 Å². The fourth-order valence-electron chi connectivity index (χ4n) is 1.54. The van der Waals surface area contributed by atoms with Crippen LogP contribution in [-0.4, -0.2) is 0 Å². The summed E-state index contributed by atoms with van der Waals surface area (Å²) in [5.41, 5.74) is 8.37. The van der Waals surface area contributed by atoms with Crippen LogP contribution in [0.5, 0.6) is 0 Å². The number of thiophene rings is 1. The molecule has 0 amide bonds. The third-order valence-electron chi connectivity index (χ3n) is 2.51. The van der Waals surface area contributed by atoms with E-state index in [2.05, 4.69) is 31.9 Å². The highest BCUT2D eigenvalue weighted by molar-refractivity contribution is 9.13. The highest BCUT2D eigenvalue weighted by atomic mass is 79.9. The Hall–Kier alpha value is 0.130. The predicted molar refractivity (Wildman–Crippen MR) is 81.9 cm³/mol. The second-order valence-corrected chi connectivity index (χ2v) is 7.42. The highest BCUT2D eigenvalue weighted by Gasteiger charge is 2.14. The van der Waals surface area contributed by atoms with Gasteiger partial charge in [-0.2, -0.15) is 0 Å². The third-order valence-corrected chi connectivity index (χ3v) is 6.28. The fourth-order valence-corrected chi connectivity index (χ4v) is 3.78. The Morgan fingerprint density at radius 2 is 2.00 bits per heavy atom. The molecule has 0 spiro atoms. The lowest BCUT2D eigenvalue weighted by atomic mass is 10.0. The molecule has 0 saturated carbocycles. The van der Waals surface area contributed by atoms with E-state index in [1.54, 1.807) is 11.3 Å². The van der Waals surface area contributed by atoms with Crippen LogP contribution in [0, 0.1) is 6.92 Å². The molecule has 0 bridgehead atoms. The van der Waals surface area contributed by atoms with Gasteiger partial charge in [0.25, 0.3) is 0 Å². The first-order valence-corrected chi connectivity index (χ1v) is 7.73. The van der Waals surface area contributed by atoms with E-state index in [9.17, 15) is 0 Å². The van der Waals surface area contributed by atoms with Gasteiger partial charge in [0, 0.05) is 14.4 Å². The molecule has 0 radical (unpaired) electrons. The lowest BCUT2D eigenvalue weighted by Crippen LogP contribution is -2.10. The van der Waals surface area contributed by atoms with E-state index in [0.29, 0.717) is 0 Å². The van der Waals surface area contributed by atoms with Crippen LogP contribution in [0.25, 0.3) is 0 Å². The van der Waals surface area contributed by atoms with E-state index in [0.717, 1.165) is 29.3 Å². The highest BCUT2D eigenvalue weighted by Crippen LogP contribution is 2.37. The molecule has 0 aliphatic carbocycles. The van der Waals surface area contributed by atoms with Crippen molar-refractivity contribution in [2.24, 2.45) is 5.73 Å². The van der Waals surface area contributed by atoms with Crippen molar-refractivity contribution in [1.29, 1.82) is 0 Å². The SMILES string of the molecule is Cc1cc(C(N)c2cc(Br)c(Br)s2)ccc1Cl. The number of rotatable bonds is 2. The van der Waals surface area contributed by atoms with Gasteiger partial charge in [-0.3, -0.25) is 0 Å². The van der Waals surface area contributed by atoms with Crippen molar-refractivity contribution in [2.45, 2.75) is 13.0 Å². The van der Waals surface area contributed by atoms with Crippen molar-refractivity contribution in [2.75, 3.05) is 0 Å². The topological polar surface area (TPSA) is 26.0 Å². The van der Waals surface area contributed by atoms with E-state index in [4.69, 9.17) is 17.3 Å². The maximum atomic E-state index is 6.24. The van der Waals surface area contributed by atoms with Gasteiger partial charge in [-0.15, -0.1) is 11.3 Å². The number of halogens is 3. The number of nitrogens with two attached hydrogens (primary N) is 1. The summed E-state index contributed by atoms with van der Waals surface area (Å²) in [7, 11) is 0. The Morgan fingerprint density at radius 1 is 1.29 bits per heavy atom. The van der Waals surface area contributed by atoms with Gasteiger partial charge in [-0.05, 0) is 62.0 Å². The third kappa shape index (κ3) is 2.93. The Bertz CT molecular complexity index is 534. The maximum absolute atomic E-state index is 6.24. The number of aryl methyl sites for hydroxylation is 1. The van der Waals surface area contributed by atoms with Crippen molar-refractivity contribution in [3.63, 3.8) is 0 Å². The molecular formula is C12H10Br2ClNS. The summed E-state index contributed by atoms with van der Waals surface area (Å²) in [4.78, 5) is 1.12. The first-order chi connectivity index (χ1) is 7.99. The van der Waals surface area contributed by atoms with E-state index in [1.165, 1.54) is 0 Å². The smallest absolute Gasteiger partial charge is 0.0843 e. The quantitative estimate of drug-likeness (QED) is 0.735. The first kappa shape index (κ1) is 13.6. The fraction of sp³-hybridized carbons (Fsp3) is 0.167. The van der Waals surface area contributed by atoms with Gasteiger partial charge in [-0.1, -0.05) is 23.7 Å². The van der Waals surface area contributed by atoms with Crippen LogP contribution in [0.4, 0.5) is 0 Å². The normalized spacial score (nSPS) is 12.8. The molecule has 0 aliphatic rings. The van der Waals surface area contributed by atoms with Gasteiger partial charge in [0.2, 0.25) is 0 Å². The van der Waals surface area contributed by atoms with Gasteiger partial charge in [0.15, 0.2) is 0 Å². The molecule has 0 fully saturated rings. The summed E-state index contributed by atoms with van der Waals surface area (Å²) >= 11 is 14.6. The second-order valence-electron chi connectivity index (χ2n) is 3.76. The molecule has 90 valence electrons. The Labute approximate surface area is 126 Å². The minimum Gasteiger partial charge on any atom is -0.320 e. The summed E-state index contributed by atoms with van der Waals surface area (Å²) in [5.74, 6) is 0.